The number of fused-ring (bicyclic) bond motifs is 1. The van der Waals surface area contributed by atoms with Crippen molar-refractivity contribution in [1.29, 1.82) is 0 Å². The van der Waals surface area contributed by atoms with Crippen LogP contribution in [0.3, 0.4) is 0 Å². The largest absolute Gasteiger partial charge is 0.417 e. The Kier molecular flexibility index (Phi) is 5.90. The molecule has 2 aromatic carbocycles. The minimum Gasteiger partial charge on any atom is -0.321 e. The summed E-state index contributed by atoms with van der Waals surface area (Å²) >= 11 is 12.8. The zero-order valence-corrected chi connectivity index (χ0v) is 18.4. The van der Waals surface area contributed by atoms with Crippen molar-refractivity contribution in [2.24, 2.45) is 7.05 Å². The summed E-state index contributed by atoms with van der Waals surface area (Å²) in [5, 5.41) is 3.10. The topological polar surface area (TPSA) is 64.0 Å². The molecular formula is C23H14Cl2F3N3O2. The molecule has 0 saturated heterocycles. The molecule has 33 heavy (non-hydrogen) atoms. The van der Waals surface area contributed by atoms with Crippen LogP contribution in [0.4, 0.5) is 18.9 Å². The second-order valence-electron chi connectivity index (χ2n) is 7.14. The molecule has 2 aromatic heterocycles. The molecule has 5 nitrogen and oxygen atoms in total. The second kappa shape index (κ2) is 8.53. The van der Waals surface area contributed by atoms with Crippen LogP contribution < -0.4 is 10.9 Å². The zero-order chi connectivity index (χ0) is 23.9. The van der Waals surface area contributed by atoms with Gasteiger partial charge in [-0.1, -0.05) is 35.3 Å². The number of halogens is 5. The lowest BCUT2D eigenvalue weighted by Gasteiger charge is -2.16. The molecular weight excluding hydrogens is 478 g/mol. The Bertz CT molecular complexity index is 1470. The molecule has 168 valence electrons. The lowest BCUT2D eigenvalue weighted by Crippen LogP contribution is -2.20. The number of aromatic nitrogens is 2. The smallest absolute Gasteiger partial charge is 0.321 e. The van der Waals surface area contributed by atoms with Crippen LogP contribution in [0.2, 0.25) is 10.0 Å². The van der Waals surface area contributed by atoms with Gasteiger partial charge in [-0.15, -0.1) is 0 Å². The molecule has 1 N–H and O–H groups in total. The molecule has 0 aliphatic rings. The van der Waals surface area contributed by atoms with E-state index in [0.29, 0.717) is 10.9 Å². The number of hydrogen-bond acceptors (Lipinski definition) is 3. The first-order valence-corrected chi connectivity index (χ1v) is 10.2. The Hall–Kier alpha value is -3.36. The van der Waals surface area contributed by atoms with Crippen LogP contribution in [0.15, 0.2) is 65.7 Å². The fraction of sp³-hybridized carbons (Fsp3) is 0.0870. The third-order valence-electron chi connectivity index (χ3n) is 5.11. The van der Waals surface area contributed by atoms with E-state index < -0.39 is 28.8 Å². The minimum atomic E-state index is -4.71. The van der Waals surface area contributed by atoms with Crippen LogP contribution in [-0.2, 0) is 13.2 Å². The molecule has 4 aromatic rings. The standard InChI is InChI=1S/C23H14Cl2F3N3O2/c1-31-18-8-9-29-11-12(18)10-14(22(31)33)19-16(24)6-7-17(20(19)25)30-21(32)13-4-2-3-5-15(13)23(26,27)28/h2-11H,1H3,(H,30,32). The first-order chi connectivity index (χ1) is 15.6. The fourth-order valence-corrected chi connectivity index (χ4v) is 4.14. The normalized spacial score (nSPS) is 11.6. The van der Waals surface area contributed by atoms with Gasteiger partial charge in [-0.3, -0.25) is 14.6 Å². The number of nitrogens with one attached hydrogen (secondary N) is 1. The molecule has 0 unspecified atom stereocenters. The summed E-state index contributed by atoms with van der Waals surface area (Å²) in [6, 6.07) is 10.4. The van der Waals surface area contributed by atoms with E-state index in [1.54, 1.807) is 31.6 Å². The van der Waals surface area contributed by atoms with Gasteiger partial charge in [0.2, 0.25) is 0 Å². The van der Waals surface area contributed by atoms with Crippen molar-refractivity contribution in [2.75, 3.05) is 5.32 Å². The molecule has 0 radical (unpaired) electrons. The van der Waals surface area contributed by atoms with Crippen LogP contribution in [0.5, 0.6) is 0 Å². The Morgan fingerprint density at radius 3 is 2.55 bits per heavy atom. The van der Waals surface area contributed by atoms with Gasteiger partial charge in [-0.05, 0) is 36.4 Å². The SMILES string of the molecule is Cn1c(=O)c(-c2c(Cl)ccc(NC(=O)c3ccccc3C(F)(F)F)c2Cl)cc2cnccc21. The molecule has 10 heteroatoms. The van der Waals surface area contributed by atoms with E-state index in [1.807, 2.05) is 0 Å². The zero-order valence-electron chi connectivity index (χ0n) is 16.9. The van der Waals surface area contributed by atoms with Gasteiger partial charge in [0, 0.05) is 30.4 Å². The number of pyridine rings is 2. The highest BCUT2D eigenvalue weighted by Crippen LogP contribution is 2.39. The average molecular weight is 492 g/mol. The highest BCUT2D eigenvalue weighted by Gasteiger charge is 2.35. The predicted molar refractivity (Wildman–Crippen MR) is 122 cm³/mol. The van der Waals surface area contributed by atoms with Crippen LogP contribution in [0.25, 0.3) is 22.0 Å². The summed E-state index contributed by atoms with van der Waals surface area (Å²) in [5.74, 6) is -1.01. The maximum atomic E-state index is 13.3. The summed E-state index contributed by atoms with van der Waals surface area (Å²) in [7, 11) is 1.58. The van der Waals surface area contributed by atoms with Crippen LogP contribution >= 0.6 is 23.2 Å². The molecule has 1 amide bonds. The molecule has 0 saturated carbocycles. The van der Waals surface area contributed by atoms with Crippen LogP contribution in [0, 0.1) is 0 Å². The van der Waals surface area contributed by atoms with E-state index in [4.69, 9.17) is 23.2 Å². The van der Waals surface area contributed by atoms with E-state index in [0.717, 1.165) is 12.1 Å². The predicted octanol–water partition coefficient (Wildman–Crippen LogP) is 6.18. The van der Waals surface area contributed by atoms with Gasteiger partial charge in [0.15, 0.2) is 0 Å². The molecule has 0 spiro atoms. The number of carbonyl (C=O) groups excluding carboxylic acids is 1. The number of benzene rings is 2. The van der Waals surface area contributed by atoms with Crippen molar-refractivity contribution in [3.63, 3.8) is 0 Å². The molecule has 0 aliphatic carbocycles. The van der Waals surface area contributed by atoms with Crippen molar-refractivity contribution in [2.45, 2.75) is 6.18 Å². The first-order valence-electron chi connectivity index (χ1n) is 9.49. The van der Waals surface area contributed by atoms with Crippen molar-refractivity contribution in [3.05, 3.63) is 92.5 Å². The van der Waals surface area contributed by atoms with Gasteiger partial charge >= 0.3 is 6.18 Å². The third-order valence-corrected chi connectivity index (χ3v) is 5.82. The lowest BCUT2D eigenvalue weighted by molar-refractivity contribution is -0.137. The van der Waals surface area contributed by atoms with E-state index >= 15 is 0 Å². The van der Waals surface area contributed by atoms with Crippen LogP contribution in [0.1, 0.15) is 15.9 Å². The quantitative estimate of drug-likeness (QED) is 0.372. The number of anilines is 1. The van der Waals surface area contributed by atoms with Crippen molar-refractivity contribution < 1.29 is 18.0 Å². The van der Waals surface area contributed by atoms with Gasteiger partial charge in [-0.25, -0.2) is 0 Å². The Balaban J connectivity index is 1.82. The Morgan fingerprint density at radius 2 is 1.82 bits per heavy atom. The van der Waals surface area contributed by atoms with Crippen molar-refractivity contribution >= 4 is 45.7 Å². The van der Waals surface area contributed by atoms with E-state index in [9.17, 15) is 22.8 Å². The number of amides is 1. The summed E-state index contributed by atoms with van der Waals surface area (Å²) in [6.45, 7) is 0. The minimum absolute atomic E-state index is 0.00591. The number of aryl methyl sites for hydroxylation is 1. The van der Waals surface area contributed by atoms with E-state index in [-0.39, 0.29) is 26.9 Å². The van der Waals surface area contributed by atoms with Gasteiger partial charge in [0.25, 0.3) is 11.5 Å². The van der Waals surface area contributed by atoms with Crippen molar-refractivity contribution in [3.8, 4) is 11.1 Å². The monoisotopic (exact) mass is 491 g/mol. The average Bonchev–Trinajstić information content (AvgIpc) is 2.78. The number of hydrogen-bond donors (Lipinski definition) is 1. The Morgan fingerprint density at radius 1 is 1.09 bits per heavy atom. The maximum absolute atomic E-state index is 13.3. The first kappa shape index (κ1) is 22.8. The third kappa shape index (κ3) is 4.19. The molecule has 0 aliphatic heterocycles. The molecule has 2 heterocycles. The Labute approximate surface area is 195 Å². The molecule has 4 rings (SSSR count). The second-order valence-corrected chi connectivity index (χ2v) is 7.92. The lowest BCUT2D eigenvalue weighted by atomic mass is 10.0. The number of nitrogens with zero attached hydrogens (tertiary/aromatic N) is 2. The number of carbonyl (C=O) groups is 1. The fourth-order valence-electron chi connectivity index (χ4n) is 3.52. The van der Waals surface area contributed by atoms with Crippen LogP contribution in [-0.4, -0.2) is 15.5 Å². The van der Waals surface area contributed by atoms with E-state index in [2.05, 4.69) is 10.3 Å². The summed E-state index contributed by atoms with van der Waals surface area (Å²) in [5.41, 5.74) is -1.10. The molecule has 0 bridgehead atoms. The molecule has 0 fully saturated rings. The molecule has 0 atom stereocenters. The van der Waals surface area contributed by atoms with Gasteiger partial charge in [0.1, 0.15) is 0 Å². The maximum Gasteiger partial charge on any atom is 0.417 e. The number of rotatable bonds is 3. The number of alkyl halides is 3. The summed E-state index contributed by atoms with van der Waals surface area (Å²) in [6.07, 6.45) is -1.59. The van der Waals surface area contributed by atoms with Gasteiger partial charge in [0.05, 0.1) is 37.9 Å². The van der Waals surface area contributed by atoms with Crippen molar-refractivity contribution in [1.82, 2.24) is 9.55 Å². The highest BCUT2D eigenvalue weighted by molar-refractivity contribution is 6.41. The van der Waals surface area contributed by atoms with Gasteiger partial charge < -0.3 is 9.88 Å². The highest BCUT2D eigenvalue weighted by atomic mass is 35.5. The summed E-state index contributed by atoms with van der Waals surface area (Å²) < 4.78 is 41.3. The van der Waals surface area contributed by atoms with Gasteiger partial charge in [-0.2, -0.15) is 13.2 Å². The van der Waals surface area contributed by atoms with E-state index in [1.165, 1.54) is 28.8 Å². The summed E-state index contributed by atoms with van der Waals surface area (Å²) in [4.78, 5) is 29.7.